The Hall–Kier alpha value is -4.08. The molecule has 4 aromatic rings. The highest BCUT2D eigenvalue weighted by Gasteiger charge is 2.41. The highest BCUT2D eigenvalue weighted by Crippen LogP contribution is 2.42. The fraction of sp³-hybridized carbons (Fsp3) is 0.258. The molecule has 0 spiro atoms. The Kier molecular flexibility index (Phi) is 8.46. The maximum absolute atomic E-state index is 13.1. The first-order valence-corrected chi connectivity index (χ1v) is 14.0. The Morgan fingerprint density at radius 2 is 1.80 bits per heavy atom. The Morgan fingerprint density at radius 3 is 2.54 bits per heavy atom. The lowest BCUT2D eigenvalue weighted by molar-refractivity contribution is -0.116. The number of aromatic nitrogens is 2. The summed E-state index contributed by atoms with van der Waals surface area (Å²) in [6.07, 6.45) is 2.01. The fourth-order valence-corrected chi connectivity index (χ4v) is 5.96. The lowest BCUT2D eigenvalue weighted by Gasteiger charge is -2.28. The number of para-hydroxylation sites is 2. The van der Waals surface area contributed by atoms with Gasteiger partial charge >= 0.3 is 0 Å². The van der Waals surface area contributed by atoms with Gasteiger partial charge in [0.2, 0.25) is 5.91 Å². The van der Waals surface area contributed by atoms with Crippen LogP contribution >= 0.6 is 23.8 Å². The van der Waals surface area contributed by atoms with Crippen LogP contribution in [-0.2, 0) is 4.79 Å². The van der Waals surface area contributed by atoms with Crippen LogP contribution in [0.2, 0.25) is 5.02 Å². The Labute approximate surface area is 250 Å². The predicted octanol–water partition coefficient (Wildman–Crippen LogP) is 6.16. The molecule has 8 nitrogen and oxygen atoms in total. The van der Waals surface area contributed by atoms with Crippen LogP contribution < -0.4 is 20.1 Å². The first-order chi connectivity index (χ1) is 19.8. The average molecular weight is 590 g/mol. The monoisotopic (exact) mass is 589 g/mol. The molecule has 0 radical (unpaired) electrons. The van der Waals surface area contributed by atoms with Crippen molar-refractivity contribution < 1.29 is 14.3 Å². The topological polar surface area (TPSA) is 80.7 Å². The van der Waals surface area contributed by atoms with Crippen LogP contribution in [0.4, 0.5) is 5.69 Å². The number of nitrogens with one attached hydrogen (secondary N) is 2. The highest BCUT2D eigenvalue weighted by molar-refractivity contribution is 7.80. The van der Waals surface area contributed by atoms with Gasteiger partial charge in [-0.3, -0.25) is 9.78 Å². The average Bonchev–Trinajstić information content (AvgIpc) is 3.46. The molecule has 41 heavy (non-hydrogen) atoms. The molecule has 1 fully saturated rings. The zero-order valence-electron chi connectivity index (χ0n) is 23.3. The summed E-state index contributed by atoms with van der Waals surface area (Å²) in [4.78, 5) is 19.8. The molecule has 1 amide bonds. The van der Waals surface area contributed by atoms with Gasteiger partial charge in [-0.25, -0.2) is 0 Å². The number of benzene rings is 2. The summed E-state index contributed by atoms with van der Waals surface area (Å²) in [5.74, 6) is 1.19. The molecule has 212 valence electrons. The van der Waals surface area contributed by atoms with Gasteiger partial charge in [-0.2, -0.15) is 0 Å². The van der Waals surface area contributed by atoms with E-state index in [0.717, 1.165) is 28.3 Å². The van der Waals surface area contributed by atoms with Crippen LogP contribution in [0.3, 0.4) is 0 Å². The van der Waals surface area contributed by atoms with Crippen molar-refractivity contribution in [1.82, 2.24) is 19.8 Å². The number of nitrogens with zero attached hydrogens (tertiary/aromatic N) is 3. The van der Waals surface area contributed by atoms with E-state index >= 15 is 0 Å². The normalized spacial score (nSPS) is 16.4. The number of halogens is 1. The smallest absolute Gasteiger partial charge is 0.226 e. The highest BCUT2D eigenvalue weighted by atomic mass is 35.5. The number of carbonyl (C=O) groups excluding carboxylic acids is 1. The first kappa shape index (κ1) is 28.4. The summed E-state index contributed by atoms with van der Waals surface area (Å²) in [6, 6.07) is 20.5. The zero-order valence-corrected chi connectivity index (χ0v) is 24.9. The molecule has 1 saturated heterocycles. The largest absolute Gasteiger partial charge is 0.495 e. The number of hydrogen-bond donors (Lipinski definition) is 2. The molecule has 2 aromatic heterocycles. The number of amides is 1. The fourth-order valence-electron chi connectivity index (χ4n) is 5.46. The summed E-state index contributed by atoms with van der Waals surface area (Å²) in [6.45, 7) is 4.54. The Balaban J connectivity index is 1.50. The molecule has 0 bridgehead atoms. The maximum atomic E-state index is 13.1. The SMILES string of the molecule is COc1ccccc1NC(=O)CCN1C(=S)N[C@@H](c2ccccn2)[C@H]1c1cc(C)n(-c2cc(Cl)ccc2OC)c1C. The summed E-state index contributed by atoms with van der Waals surface area (Å²) < 4.78 is 13.2. The number of anilines is 1. The van der Waals surface area contributed by atoms with Crippen molar-refractivity contribution in [1.29, 1.82) is 0 Å². The van der Waals surface area contributed by atoms with E-state index in [0.29, 0.717) is 33.9 Å². The molecule has 10 heteroatoms. The summed E-state index contributed by atoms with van der Waals surface area (Å²) in [7, 11) is 3.23. The van der Waals surface area contributed by atoms with Gasteiger partial charge in [-0.1, -0.05) is 29.8 Å². The molecule has 1 aliphatic heterocycles. The van der Waals surface area contributed by atoms with Crippen LogP contribution in [0.15, 0.2) is 72.9 Å². The van der Waals surface area contributed by atoms with Crippen molar-refractivity contribution in [3.8, 4) is 17.2 Å². The molecular weight excluding hydrogens is 558 g/mol. The number of hydrogen-bond acceptors (Lipinski definition) is 5. The third-order valence-electron chi connectivity index (χ3n) is 7.33. The maximum Gasteiger partial charge on any atom is 0.226 e. The quantitative estimate of drug-likeness (QED) is 0.226. The third kappa shape index (κ3) is 5.73. The lowest BCUT2D eigenvalue weighted by atomic mass is 9.96. The van der Waals surface area contributed by atoms with Crippen molar-refractivity contribution in [2.45, 2.75) is 32.4 Å². The summed E-state index contributed by atoms with van der Waals surface area (Å²) in [5.41, 5.74) is 5.45. The van der Waals surface area contributed by atoms with Crippen molar-refractivity contribution in [3.63, 3.8) is 0 Å². The molecule has 3 heterocycles. The van der Waals surface area contributed by atoms with Gasteiger partial charge in [-0.05, 0) is 80.2 Å². The van der Waals surface area contributed by atoms with E-state index in [-0.39, 0.29) is 24.4 Å². The van der Waals surface area contributed by atoms with Crippen LogP contribution in [0.25, 0.3) is 5.69 Å². The van der Waals surface area contributed by atoms with E-state index < -0.39 is 0 Å². The van der Waals surface area contributed by atoms with Gasteiger partial charge in [0.15, 0.2) is 5.11 Å². The second-order valence-corrected chi connectivity index (χ2v) is 10.6. The molecule has 0 aliphatic carbocycles. The second kappa shape index (κ2) is 12.2. The van der Waals surface area contributed by atoms with E-state index in [1.165, 1.54) is 0 Å². The number of pyridine rings is 1. The van der Waals surface area contributed by atoms with Crippen molar-refractivity contribution in [2.24, 2.45) is 0 Å². The van der Waals surface area contributed by atoms with Crippen LogP contribution in [0.1, 0.15) is 41.1 Å². The van der Waals surface area contributed by atoms with E-state index in [4.69, 9.17) is 33.3 Å². The standard InChI is InChI=1S/C31H32ClN5O3S/c1-19-17-22(20(2)37(19)25-18-21(32)12-13-27(25)40-4)30-29(24-10-7-8-15-33-24)35-31(41)36(30)16-14-28(38)34-23-9-5-6-11-26(23)39-3/h5-13,15,17-18,29-30H,14,16H2,1-4H3,(H,34,38)(H,35,41)/t29-,30+/m0/s1. The van der Waals surface area contributed by atoms with Crippen LogP contribution in [-0.4, -0.2) is 46.2 Å². The third-order valence-corrected chi connectivity index (χ3v) is 7.92. The van der Waals surface area contributed by atoms with Gasteiger partial charge in [0, 0.05) is 35.6 Å². The van der Waals surface area contributed by atoms with Crippen LogP contribution in [0.5, 0.6) is 11.5 Å². The van der Waals surface area contributed by atoms with Crippen molar-refractivity contribution in [3.05, 3.63) is 101 Å². The van der Waals surface area contributed by atoms with Gasteiger partial charge in [0.1, 0.15) is 11.5 Å². The van der Waals surface area contributed by atoms with Crippen molar-refractivity contribution in [2.75, 3.05) is 26.1 Å². The first-order valence-electron chi connectivity index (χ1n) is 13.3. The predicted molar refractivity (Wildman–Crippen MR) is 165 cm³/mol. The van der Waals surface area contributed by atoms with E-state index in [1.807, 2.05) is 60.7 Å². The van der Waals surface area contributed by atoms with E-state index in [9.17, 15) is 4.79 Å². The number of methoxy groups -OCH3 is 2. The van der Waals surface area contributed by atoms with Gasteiger partial charge < -0.3 is 29.6 Å². The van der Waals surface area contributed by atoms with Gasteiger partial charge in [0.25, 0.3) is 0 Å². The molecule has 0 saturated carbocycles. The lowest BCUT2D eigenvalue weighted by Crippen LogP contribution is -2.33. The Morgan fingerprint density at radius 1 is 1.05 bits per heavy atom. The molecule has 0 unspecified atom stereocenters. The number of ether oxygens (including phenoxy) is 2. The molecular formula is C31H32ClN5O3S. The zero-order chi connectivity index (χ0) is 29.1. The molecule has 2 atom stereocenters. The summed E-state index contributed by atoms with van der Waals surface area (Å²) >= 11 is 12.2. The van der Waals surface area contributed by atoms with E-state index in [2.05, 4.69) is 45.0 Å². The number of rotatable bonds is 9. The number of thiocarbonyl (C=S) groups is 1. The number of carbonyl (C=O) groups is 1. The van der Waals surface area contributed by atoms with Crippen molar-refractivity contribution >= 4 is 40.5 Å². The minimum Gasteiger partial charge on any atom is -0.495 e. The van der Waals surface area contributed by atoms with Crippen LogP contribution in [0, 0.1) is 13.8 Å². The van der Waals surface area contributed by atoms with Gasteiger partial charge in [0.05, 0.1) is 43.4 Å². The molecule has 2 N–H and O–H groups in total. The molecule has 5 rings (SSSR count). The minimum absolute atomic E-state index is 0.133. The number of aryl methyl sites for hydroxylation is 1. The van der Waals surface area contributed by atoms with Gasteiger partial charge in [-0.15, -0.1) is 0 Å². The minimum atomic E-state index is -0.212. The summed E-state index contributed by atoms with van der Waals surface area (Å²) in [5, 5.41) is 7.63. The second-order valence-electron chi connectivity index (χ2n) is 9.80. The molecule has 1 aliphatic rings. The Bertz CT molecular complexity index is 1580. The molecule has 2 aromatic carbocycles. The van der Waals surface area contributed by atoms with E-state index in [1.54, 1.807) is 20.4 Å².